The number of nitrogens with zero attached hydrogens (tertiary/aromatic N) is 2. The first kappa shape index (κ1) is 15.7. The molecule has 1 unspecified atom stereocenters. The Morgan fingerprint density at radius 1 is 1.13 bits per heavy atom. The minimum Gasteiger partial charge on any atom is -0.329 e. The second kappa shape index (κ2) is 6.52. The van der Waals surface area contributed by atoms with Crippen molar-refractivity contribution in [3.05, 3.63) is 80.9 Å². The number of benzene rings is 1. The van der Waals surface area contributed by atoms with Crippen LogP contribution in [0.1, 0.15) is 17.0 Å². The van der Waals surface area contributed by atoms with Crippen molar-refractivity contribution in [2.75, 3.05) is 7.05 Å². The van der Waals surface area contributed by atoms with E-state index in [1.807, 2.05) is 49.4 Å². The van der Waals surface area contributed by atoms with Gasteiger partial charge >= 0.3 is 0 Å². The van der Waals surface area contributed by atoms with Crippen LogP contribution in [0.25, 0.3) is 5.65 Å². The normalized spacial score (nSPS) is 12.5. The van der Waals surface area contributed by atoms with E-state index in [1.165, 1.54) is 10.5 Å². The van der Waals surface area contributed by atoms with Crippen molar-refractivity contribution in [1.29, 1.82) is 0 Å². The molecule has 0 aliphatic carbocycles. The van der Waals surface area contributed by atoms with Gasteiger partial charge in [-0.3, -0.25) is 9.20 Å². The smallest absolute Gasteiger partial charge is 0.258 e. The molecule has 0 aliphatic rings. The molecule has 1 aromatic carbocycles. The van der Waals surface area contributed by atoms with E-state index in [0.29, 0.717) is 12.2 Å². The summed E-state index contributed by atoms with van der Waals surface area (Å²) in [7, 11) is 2.09. The van der Waals surface area contributed by atoms with E-state index in [1.54, 1.807) is 10.5 Å². The van der Waals surface area contributed by atoms with Crippen molar-refractivity contribution in [3.8, 4) is 0 Å². The predicted molar refractivity (Wildman–Crippen MR) is 91.9 cm³/mol. The molecule has 0 radical (unpaired) electrons. The van der Waals surface area contributed by atoms with Gasteiger partial charge in [-0.05, 0) is 31.2 Å². The standard InChI is InChI=1S/C18H18ClN3O/c1-13-4-3-5-17-20-16(10-18(23)22(13)17)12-21(2)11-14-6-8-15(19)9-7-14/h3-10H,11-12H2,1-2H3/p+1. The van der Waals surface area contributed by atoms with Crippen LogP contribution in [-0.4, -0.2) is 16.4 Å². The van der Waals surface area contributed by atoms with Gasteiger partial charge < -0.3 is 4.90 Å². The van der Waals surface area contributed by atoms with Crippen molar-refractivity contribution in [1.82, 2.24) is 9.38 Å². The van der Waals surface area contributed by atoms with E-state index in [4.69, 9.17) is 11.6 Å². The lowest BCUT2D eigenvalue weighted by molar-refractivity contribution is -0.908. The molecule has 0 amide bonds. The molecule has 2 aromatic heterocycles. The van der Waals surface area contributed by atoms with Crippen LogP contribution >= 0.6 is 11.6 Å². The Bertz CT molecular complexity index is 887. The van der Waals surface area contributed by atoms with Gasteiger partial charge in [0.2, 0.25) is 0 Å². The lowest BCUT2D eigenvalue weighted by Gasteiger charge is -2.14. The lowest BCUT2D eigenvalue weighted by Crippen LogP contribution is -3.06. The zero-order chi connectivity index (χ0) is 16.4. The van der Waals surface area contributed by atoms with E-state index < -0.39 is 0 Å². The summed E-state index contributed by atoms with van der Waals surface area (Å²) in [4.78, 5) is 18.2. The molecule has 0 saturated heterocycles. The molecule has 0 aliphatic heterocycles. The van der Waals surface area contributed by atoms with Crippen LogP contribution in [0.5, 0.6) is 0 Å². The Morgan fingerprint density at radius 3 is 2.61 bits per heavy atom. The molecule has 0 saturated carbocycles. The maximum atomic E-state index is 12.3. The van der Waals surface area contributed by atoms with Crippen LogP contribution in [0.15, 0.2) is 53.3 Å². The minimum atomic E-state index is -0.0256. The van der Waals surface area contributed by atoms with E-state index in [0.717, 1.165) is 23.0 Å². The minimum absolute atomic E-state index is 0.0256. The van der Waals surface area contributed by atoms with Crippen molar-refractivity contribution in [2.45, 2.75) is 20.0 Å². The van der Waals surface area contributed by atoms with Crippen LogP contribution < -0.4 is 10.5 Å². The van der Waals surface area contributed by atoms with Gasteiger partial charge in [0, 0.05) is 22.3 Å². The topological polar surface area (TPSA) is 38.8 Å². The summed E-state index contributed by atoms with van der Waals surface area (Å²) in [6.07, 6.45) is 0. The second-order valence-corrected chi connectivity index (χ2v) is 6.32. The third-order valence-electron chi connectivity index (χ3n) is 3.84. The average Bonchev–Trinajstić information content (AvgIpc) is 2.49. The first-order chi connectivity index (χ1) is 11.0. The fraction of sp³-hybridized carbons (Fsp3) is 0.222. The van der Waals surface area contributed by atoms with Crippen LogP contribution in [0.4, 0.5) is 0 Å². The Kier molecular flexibility index (Phi) is 4.46. The Morgan fingerprint density at radius 2 is 1.87 bits per heavy atom. The van der Waals surface area contributed by atoms with E-state index in [-0.39, 0.29) is 5.56 Å². The number of hydrogen-bond donors (Lipinski definition) is 1. The molecule has 1 N–H and O–H groups in total. The number of pyridine rings is 1. The molecule has 0 spiro atoms. The van der Waals surface area contributed by atoms with Gasteiger partial charge in [0.15, 0.2) is 0 Å². The summed E-state index contributed by atoms with van der Waals surface area (Å²) < 4.78 is 1.64. The van der Waals surface area contributed by atoms with Gasteiger partial charge in [-0.1, -0.05) is 29.8 Å². The molecular weight excluding hydrogens is 310 g/mol. The molecule has 5 heteroatoms. The molecule has 3 aromatic rings. The summed E-state index contributed by atoms with van der Waals surface area (Å²) in [5.41, 5.74) is 3.59. The van der Waals surface area contributed by atoms with E-state index in [9.17, 15) is 4.79 Å². The predicted octanol–water partition coefficient (Wildman–Crippen LogP) is 1.87. The highest BCUT2D eigenvalue weighted by molar-refractivity contribution is 6.30. The Labute approximate surface area is 140 Å². The molecule has 118 valence electrons. The fourth-order valence-electron chi connectivity index (χ4n) is 2.78. The zero-order valence-electron chi connectivity index (χ0n) is 13.2. The van der Waals surface area contributed by atoms with Gasteiger partial charge in [0.1, 0.15) is 24.4 Å². The summed E-state index contributed by atoms with van der Waals surface area (Å²) in [5.74, 6) is 0. The van der Waals surface area contributed by atoms with Crippen LogP contribution in [0.3, 0.4) is 0 Å². The molecule has 0 bridgehead atoms. The van der Waals surface area contributed by atoms with Gasteiger partial charge in [-0.15, -0.1) is 0 Å². The molecule has 0 fully saturated rings. The SMILES string of the molecule is Cc1cccc2nc(C[NH+](C)Cc3ccc(Cl)cc3)cc(=O)n12. The van der Waals surface area contributed by atoms with Crippen molar-refractivity contribution in [3.63, 3.8) is 0 Å². The maximum absolute atomic E-state index is 12.3. The van der Waals surface area contributed by atoms with Gasteiger partial charge in [-0.2, -0.15) is 0 Å². The number of nitrogens with one attached hydrogen (secondary N) is 1. The third-order valence-corrected chi connectivity index (χ3v) is 4.09. The number of aryl methyl sites for hydroxylation is 1. The highest BCUT2D eigenvalue weighted by Gasteiger charge is 2.10. The Balaban J connectivity index is 1.81. The largest absolute Gasteiger partial charge is 0.329 e. The van der Waals surface area contributed by atoms with E-state index >= 15 is 0 Å². The first-order valence-corrected chi connectivity index (χ1v) is 7.95. The number of hydrogen-bond acceptors (Lipinski definition) is 2. The molecular formula is C18H19ClN3O+. The maximum Gasteiger partial charge on any atom is 0.258 e. The Hall–Kier alpha value is -2.17. The highest BCUT2D eigenvalue weighted by Crippen LogP contribution is 2.08. The molecule has 3 rings (SSSR count). The summed E-state index contributed by atoms with van der Waals surface area (Å²) in [5, 5.41) is 0.742. The van der Waals surface area contributed by atoms with Gasteiger partial charge in [-0.25, -0.2) is 4.98 Å². The number of fused-ring (bicyclic) bond motifs is 1. The average molecular weight is 329 g/mol. The summed E-state index contributed by atoms with van der Waals surface area (Å²) >= 11 is 5.91. The van der Waals surface area contributed by atoms with Crippen LogP contribution in [0, 0.1) is 6.92 Å². The van der Waals surface area contributed by atoms with Crippen LogP contribution in [-0.2, 0) is 13.1 Å². The summed E-state index contributed by atoms with van der Waals surface area (Å²) in [6, 6.07) is 15.2. The molecule has 4 nitrogen and oxygen atoms in total. The number of aromatic nitrogens is 2. The van der Waals surface area contributed by atoms with Crippen molar-refractivity contribution < 1.29 is 4.90 Å². The monoisotopic (exact) mass is 328 g/mol. The lowest BCUT2D eigenvalue weighted by atomic mass is 10.2. The fourth-order valence-corrected chi connectivity index (χ4v) is 2.90. The molecule has 2 heterocycles. The third kappa shape index (κ3) is 3.60. The van der Waals surface area contributed by atoms with Crippen molar-refractivity contribution in [2.24, 2.45) is 0 Å². The molecule has 1 atom stereocenters. The quantitative estimate of drug-likeness (QED) is 0.794. The van der Waals surface area contributed by atoms with Gasteiger partial charge in [0.05, 0.1) is 7.05 Å². The second-order valence-electron chi connectivity index (χ2n) is 5.88. The summed E-state index contributed by atoms with van der Waals surface area (Å²) in [6.45, 7) is 3.46. The number of halogens is 1. The van der Waals surface area contributed by atoms with Gasteiger partial charge in [0.25, 0.3) is 5.56 Å². The zero-order valence-corrected chi connectivity index (χ0v) is 14.0. The molecule has 23 heavy (non-hydrogen) atoms. The number of quaternary nitrogens is 1. The number of rotatable bonds is 4. The van der Waals surface area contributed by atoms with E-state index in [2.05, 4.69) is 12.0 Å². The highest BCUT2D eigenvalue weighted by atomic mass is 35.5. The van der Waals surface area contributed by atoms with Crippen molar-refractivity contribution >= 4 is 17.2 Å². The van der Waals surface area contributed by atoms with Crippen LogP contribution in [0.2, 0.25) is 5.02 Å². The first-order valence-electron chi connectivity index (χ1n) is 7.57.